The van der Waals surface area contributed by atoms with Crippen LogP contribution in [-0.2, 0) is 11.3 Å². The highest BCUT2D eigenvalue weighted by atomic mass is 35.5. The largest absolute Gasteiger partial charge is 0.467 e. The zero-order chi connectivity index (χ0) is 18.4. The third-order valence-corrected chi connectivity index (χ3v) is 4.40. The van der Waals surface area contributed by atoms with E-state index in [1.54, 1.807) is 12.1 Å². The molecule has 0 spiro atoms. The van der Waals surface area contributed by atoms with E-state index >= 15 is 0 Å². The van der Waals surface area contributed by atoms with E-state index in [4.69, 9.17) is 16.0 Å². The predicted octanol–water partition coefficient (Wildman–Crippen LogP) is 2.08. The van der Waals surface area contributed by atoms with Crippen molar-refractivity contribution in [2.24, 2.45) is 0 Å². The lowest BCUT2D eigenvalue weighted by Crippen LogP contribution is -2.51. The fourth-order valence-corrected chi connectivity index (χ4v) is 3.02. The molecular weight excluding hydrogens is 356 g/mol. The van der Waals surface area contributed by atoms with Gasteiger partial charge in [-0.3, -0.25) is 15.0 Å². The van der Waals surface area contributed by atoms with Crippen molar-refractivity contribution >= 4 is 29.2 Å². The number of carbonyl (C=O) groups is 2. The molecule has 1 fully saturated rings. The van der Waals surface area contributed by atoms with Crippen molar-refractivity contribution in [1.82, 2.24) is 15.5 Å². The van der Waals surface area contributed by atoms with Gasteiger partial charge in [0.15, 0.2) is 0 Å². The van der Waals surface area contributed by atoms with Gasteiger partial charge in [-0.15, -0.1) is 0 Å². The molecule has 1 aromatic heterocycles. The molecule has 0 atom stereocenters. The van der Waals surface area contributed by atoms with E-state index in [1.165, 1.54) is 6.26 Å². The number of hydrogen-bond donors (Lipinski definition) is 2. The van der Waals surface area contributed by atoms with Crippen LogP contribution in [0.5, 0.6) is 0 Å². The zero-order valence-electron chi connectivity index (χ0n) is 14.3. The zero-order valence-corrected chi connectivity index (χ0v) is 15.0. The second-order valence-electron chi connectivity index (χ2n) is 6.05. The Labute approximate surface area is 156 Å². The lowest BCUT2D eigenvalue weighted by molar-refractivity contribution is -0.121. The number of hydrogen-bond acceptors (Lipinski definition) is 5. The summed E-state index contributed by atoms with van der Waals surface area (Å²) < 4.78 is 5.12. The second kappa shape index (κ2) is 8.73. The molecule has 26 heavy (non-hydrogen) atoms. The molecule has 2 heterocycles. The highest BCUT2D eigenvalue weighted by Gasteiger charge is 2.20. The molecule has 3 amide bonds. The first-order valence-corrected chi connectivity index (χ1v) is 8.81. The van der Waals surface area contributed by atoms with Gasteiger partial charge in [0, 0.05) is 36.9 Å². The normalized spacial score (nSPS) is 14.9. The lowest BCUT2D eigenvalue weighted by Gasteiger charge is -2.35. The van der Waals surface area contributed by atoms with Gasteiger partial charge in [-0.1, -0.05) is 17.7 Å². The number of piperazine rings is 1. The van der Waals surface area contributed by atoms with E-state index in [9.17, 15) is 9.59 Å². The molecule has 0 saturated carbocycles. The minimum absolute atomic E-state index is 0.192. The van der Waals surface area contributed by atoms with Gasteiger partial charge in [0.05, 0.1) is 19.4 Å². The van der Waals surface area contributed by atoms with E-state index in [-0.39, 0.29) is 19.0 Å². The van der Waals surface area contributed by atoms with Crippen molar-refractivity contribution < 1.29 is 14.0 Å². The van der Waals surface area contributed by atoms with E-state index in [0.717, 1.165) is 31.9 Å². The van der Waals surface area contributed by atoms with Crippen LogP contribution in [-0.4, -0.2) is 49.6 Å². The second-order valence-corrected chi connectivity index (χ2v) is 6.49. The minimum Gasteiger partial charge on any atom is -0.467 e. The van der Waals surface area contributed by atoms with Gasteiger partial charge in [-0.25, -0.2) is 4.79 Å². The maximum Gasteiger partial charge on any atom is 0.321 e. The average Bonchev–Trinajstić information content (AvgIpc) is 3.14. The summed E-state index contributed by atoms with van der Waals surface area (Å²) in [5.41, 5.74) is 1.08. The van der Waals surface area contributed by atoms with Crippen LogP contribution < -0.4 is 15.5 Å². The number of nitrogens with zero attached hydrogens (tertiary/aromatic N) is 2. The van der Waals surface area contributed by atoms with Crippen molar-refractivity contribution in [2.45, 2.75) is 6.54 Å². The number of furan rings is 1. The number of urea groups is 1. The summed E-state index contributed by atoms with van der Waals surface area (Å²) in [5.74, 6) is 0.308. The molecule has 3 rings (SSSR count). The number of anilines is 1. The van der Waals surface area contributed by atoms with Crippen molar-refractivity contribution in [3.63, 3.8) is 0 Å². The molecule has 1 aliphatic heterocycles. The Morgan fingerprint density at radius 3 is 2.62 bits per heavy atom. The van der Waals surface area contributed by atoms with Gasteiger partial charge in [0.2, 0.25) is 5.91 Å². The van der Waals surface area contributed by atoms with Gasteiger partial charge in [-0.05, 0) is 30.3 Å². The molecule has 0 unspecified atom stereocenters. The van der Waals surface area contributed by atoms with Crippen LogP contribution in [0.15, 0.2) is 47.1 Å². The molecule has 2 aromatic rings. The lowest BCUT2D eigenvalue weighted by atomic mass is 10.2. The summed E-state index contributed by atoms with van der Waals surface area (Å²) in [6.07, 6.45) is 1.53. The van der Waals surface area contributed by atoms with Crippen LogP contribution >= 0.6 is 11.6 Å². The molecule has 2 N–H and O–H groups in total. The maximum absolute atomic E-state index is 12.0. The van der Waals surface area contributed by atoms with Crippen LogP contribution in [0.25, 0.3) is 0 Å². The molecule has 138 valence electrons. The van der Waals surface area contributed by atoms with Gasteiger partial charge in [0.25, 0.3) is 0 Å². The number of nitrogens with one attached hydrogen (secondary N) is 2. The first-order valence-electron chi connectivity index (χ1n) is 8.43. The fraction of sp³-hybridized carbons (Fsp3) is 0.333. The van der Waals surface area contributed by atoms with E-state index < -0.39 is 6.03 Å². The maximum atomic E-state index is 12.0. The topological polar surface area (TPSA) is 77.8 Å². The summed E-state index contributed by atoms with van der Waals surface area (Å²) in [7, 11) is 0. The van der Waals surface area contributed by atoms with Crippen LogP contribution in [0.4, 0.5) is 10.5 Å². The van der Waals surface area contributed by atoms with Gasteiger partial charge in [-0.2, -0.15) is 0 Å². The molecule has 7 nitrogen and oxygen atoms in total. The third-order valence-electron chi connectivity index (χ3n) is 4.17. The standard InChI is InChI=1S/C18H21ClN4O3/c19-14-3-1-4-15(11-14)23-8-6-22(7-9-23)13-17(24)21-18(25)20-12-16-5-2-10-26-16/h1-5,10-11H,6-9,12-13H2,(H2,20,21,24,25). The number of carbonyl (C=O) groups excluding carboxylic acids is 2. The highest BCUT2D eigenvalue weighted by Crippen LogP contribution is 2.20. The van der Waals surface area contributed by atoms with Crippen molar-refractivity contribution in [1.29, 1.82) is 0 Å². The molecule has 0 radical (unpaired) electrons. The van der Waals surface area contributed by atoms with Crippen LogP contribution in [0.1, 0.15) is 5.76 Å². The number of benzene rings is 1. The van der Waals surface area contributed by atoms with Crippen molar-refractivity contribution in [3.8, 4) is 0 Å². The minimum atomic E-state index is -0.524. The van der Waals surface area contributed by atoms with Crippen LogP contribution in [0.3, 0.4) is 0 Å². The quantitative estimate of drug-likeness (QED) is 0.835. The van der Waals surface area contributed by atoms with Gasteiger partial charge in [0.1, 0.15) is 5.76 Å². The Morgan fingerprint density at radius 2 is 1.92 bits per heavy atom. The summed E-state index contributed by atoms with van der Waals surface area (Å²) in [6.45, 7) is 3.53. The third kappa shape index (κ3) is 5.24. The number of amides is 3. The molecule has 8 heteroatoms. The molecular formula is C18H21ClN4O3. The number of imide groups is 1. The SMILES string of the molecule is O=C(CN1CCN(c2cccc(Cl)c2)CC1)NC(=O)NCc1ccco1. The van der Waals surface area contributed by atoms with Crippen molar-refractivity contribution in [2.75, 3.05) is 37.6 Å². The first-order chi connectivity index (χ1) is 12.6. The molecule has 1 aliphatic rings. The van der Waals surface area contributed by atoms with E-state index in [0.29, 0.717) is 10.8 Å². The van der Waals surface area contributed by atoms with Crippen molar-refractivity contribution in [3.05, 3.63) is 53.4 Å². The van der Waals surface area contributed by atoms with Crippen LogP contribution in [0.2, 0.25) is 5.02 Å². The summed E-state index contributed by atoms with van der Waals surface area (Å²) in [6, 6.07) is 10.7. The Balaban J connectivity index is 1.38. The first kappa shape index (κ1) is 18.3. The smallest absolute Gasteiger partial charge is 0.321 e. The van der Waals surface area contributed by atoms with Gasteiger partial charge < -0.3 is 14.6 Å². The molecule has 1 aromatic carbocycles. The Bertz CT molecular complexity index is 743. The highest BCUT2D eigenvalue weighted by molar-refractivity contribution is 6.30. The predicted molar refractivity (Wildman–Crippen MR) is 99.2 cm³/mol. The Kier molecular flexibility index (Phi) is 6.14. The molecule has 0 aliphatic carbocycles. The van der Waals surface area contributed by atoms with Gasteiger partial charge >= 0.3 is 6.03 Å². The molecule has 0 bridgehead atoms. The molecule has 1 saturated heterocycles. The Hall–Kier alpha value is -2.51. The van der Waals surface area contributed by atoms with Crippen LogP contribution in [0, 0.1) is 0 Å². The number of rotatable bonds is 5. The monoisotopic (exact) mass is 376 g/mol. The van der Waals surface area contributed by atoms with E-state index in [1.807, 2.05) is 29.2 Å². The summed E-state index contributed by atoms with van der Waals surface area (Å²) in [4.78, 5) is 28.0. The summed E-state index contributed by atoms with van der Waals surface area (Å²) >= 11 is 6.03. The summed E-state index contributed by atoms with van der Waals surface area (Å²) in [5, 5.41) is 5.63. The van der Waals surface area contributed by atoms with E-state index in [2.05, 4.69) is 15.5 Å². The number of halogens is 1. The fourth-order valence-electron chi connectivity index (χ4n) is 2.83. The Morgan fingerprint density at radius 1 is 1.12 bits per heavy atom. The average molecular weight is 377 g/mol.